The van der Waals surface area contributed by atoms with Gasteiger partial charge in [-0.2, -0.15) is 0 Å². The van der Waals surface area contributed by atoms with E-state index in [4.69, 9.17) is 5.73 Å². The lowest BCUT2D eigenvalue weighted by Gasteiger charge is -2.20. The van der Waals surface area contributed by atoms with Gasteiger partial charge in [-0.1, -0.05) is 44.2 Å². The minimum atomic E-state index is -0.682. The van der Waals surface area contributed by atoms with Crippen LogP contribution in [0.2, 0.25) is 0 Å². The highest BCUT2D eigenvalue weighted by Crippen LogP contribution is 2.06. The molecule has 0 heterocycles. The van der Waals surface area contributed by atoms with Crippen LogP contribution in [0.1, 0.15) is 32.3 Å². The van der Waals surface area contributed by atoms with Crippen molar-refractivity contribution < 1.29 is 9.90 Å². The maximum atomic E-state index is 11.7. The number of rotatable bonds is 8. The summed E-state index contributed by atoms with van der Waals surface area (Å²) < 4.78 is 0. The molecule has 2 atom stereocenters. The summed E-state index contributed by atoms with van der Waals surface area (Å²) in [6.45, 7) is 4.34. The number of amides is 1. The van der Waals surface area contributed by atoms with Gasteiger partial charge in [0, 0.05) is 19.0 Å². The molecule has 112 valence electrons. The summed E-state index contributed by atoms with van der Waals surface area (Å²) in [5, 5.41) is 12.6. The van der Waals surface area contributed by atoms with Gasteiger partial charge in [0.2, 0.25) is 5.91 Å². The molecule has 0 aliphatic carbocycles. The summed E-state index contributed by atoms with van der Waals surface area (Å²) in [4.78, 5) is 11.7. The van der Waals surface area contributed by atoms with Crippen LogP contribution in [0.3, 0.4) is 0 Å². The van der Waals surface area contributed by atoms with Gasteiger partial charge in [-0.15, -0.1) is 0 Å². The average Bonchev–Trinajstić information content (AvgIpc) is 2.42. The Kier molecular flexibility index (Phi) is 7.26. The number of benzene rings is 1. The molecular weight excluding hydrogens is 252 g/mol. The molecule has 1 amide bonds. The summed E-state index contributed by atoms with van der Waals surface area (Å²) in [6, 6.07) is 9.59. The third-order valence-electron chi connectivity index (χ3n) is 3.23. The number of nitrogens with two attached hydrogens (primary N) is 1. The number of aliphatic hydroxyl groups excluding tert-OH is 1. The second kappa shape index (κ2) is 8.72. The molecular formula is C16H26N2O2. The molecule has 0 saturated heterocycles. The zero-order chi connectivity index (χ0) is 15.0. The van der Waals surface area contributed by atoms with E-state index in [2.05, 4.69) is 19.2 Å². The van der Waals surface area contributed by atoms with Gasteiger partial charge in [0.1, 0.15) is 0 Å². The van der Waals surface area contributed by atoms with E-state index >= 15 is 0 Å². The first-order valence-corrected chi connectivity index (χ1v) is 7.23. The van der Waals surface area contributed by atoms with E-state index in [1.54, 1.807) is 0 Å². The number of aliphatic hydroxyl groups is 1. The van der Waals surface area contributed by atoms with Crippen molar-refractivity contribution in [2.45, 2.75) is 45.3 Å². The monoisotopic (exact) mass is 278 g/mol. The third kappa shape index (κ3) is 6.68. The van der Waals surface area contributed by atoms with Gasteiger partial charge < -0.3 is 16.2 Å². The first-order chi connectivity index (χ1) is 9.49. The molecule has 0 saturated carbocycles. The second-order valence-corrected chi connectivity index (χ2v) is 5.65. The molecule has 0 spiro atoms. The SMILES string of the molecule is CC(C)C[C@H](N)C(O)CNC(=O)CCc1ccccc1. The Morgan fingerprint density at radius 2 is 1.95 bits per heavy atom. The lowest BCUT2D eigenvalue weighted by molar-refractivity contribution is -0.121. The van der Waals surface area contributed by atoms with E-state index < -0.39 is 6.10 Å². The second-order valence-electron chi connectivity index (χ2n) is 5.65. The van der Waals surface area contributed by atoms with Gasteiger partial charge in [-0.3, -0.25) is 4.79 Å². The molecule has 0 aliphatic rings. The smallest absolute Gasteiger partial charge is 0.220 e. The molecule has 0 aromatic heterocycles. The molecule has 0 bridgehead atoms. The molecule has 20 heavy (non-hydrogen) atoms. The van der Waals surface area contributed by atoms with Crippen LogP contribution in [0.15, 0.2) is 30.3 Å². The van der Waals surface area contributed by atoms with Crippen LogP contribution in [-0.2, 0) is 11.2 Å². The topological polar surface area (TPSA) is 75.3 Å². The number of aryl methyl sites for hydroxylation is 1. The number of hydrogen-bond donors (Lipinski definition) is 3. The molecule has 1 aromatic rings. The molecule has 0 aliphatic heterocycles. The lowest BCUT2D eigenvalue weighted by Crippen LogP contribution is -2.44. The Bertz CT molecular complexity index is 393. The molecule has 1 rings (SSSR count). The lowest BCUT2D eigenvalue weighted by atomic mass is 10.00. The molecule has 4 heteroatoms. The highest BCUT2D eigenvalue weighted by Gasteiger charge is 2.16. The van der Waals surface area contributed by atoms with Crippen LogP contribution >= 0.6 is 0 Å². The predicted octanol–water partition coefficient (Wildman–Crippen LogP) is 1.47. The Morgan fingerprint density at radius 1 is 1.30 bits per heavy atom. The zero-order valence-electron chi connectivity index (χ0n) is 12.4. The van der Waals surface area contributed by atoms with E-state index in [1.807, 2.05) is 30.3 Å². The van der Waals surface area contributed by atoms with Crippen molar-refractivity contribution >= 4 is 5.91 Å². The van der Waals surface area contributed by atoms with Crippen LogP contribution in [0.4, 0.5) is 0 Å². The van der Waals surface area contributed by atoms with Crippen LogP contribution < -0.4 is 11.1 Å². The minimum Gasteiger partial charge on any atom is -0.390 e. The van der Waals surface area contributed by atoms with Gasteiger partial charge in [0.15, 0.2) is 0 Å². The van der Waals surface area contributed by atoms with Crippen molar-refractivity contribution in [3.8, 4) is 0 Å². The van der Waals surface area contributed by atoms with Crippen molar-refractivity contribution in [2.75, 3.05) is 6.54 Å². The molecule has 0 fully saturated rings. The first kappa shape index (κ1) is 16.7. The van der Waals surface area contributed by atoms with Gasteiger partial charge >= 0.3 is 0 Å². The molecule has 4 N–H and O–H groups in total. The van der Waals surface area contributed by atoms with Crippen molar-refractivity contribution in [3.63, 3.8) is 0 Å². The van der Waals surface area contributed by atoms with Crippen LogP contribution in [0.25, 0.3) is 0 Å². The summed E-state index contributed by atoms with van der Waals surface area (Å²) in [7, 11) is 0. The fourth-order valence-corrected chi connectivity index (χ4v) is 2.06. The maximum absolute atomic E-state index is 11.7. The van der Waals surface area contributed by atoms with Crippen LogP contribution in [0, 0.1) is 5.92 Å². The highest BCUT2D eigenvalue weighted by molar-refractivity contribution is 5.76. The Labute approximate surface area is 121 Å². The number of carbonyl (C=O) groups excluding carboxylic acids is 1. The van der Waals surface area contributed by atoms with Crippen molar-refractivity contribution in [2.24, 2.45) is 11.7 Å². The van der Waals surface area contributed by atoms with Crippen LogP contribution in [0.5, 0.6) is 0 Å². The summed E-state index contributed by atoms with van der Waals surface area (Å²) in [6.07, 6.45) is 1.20. The van der Waals surface area contributed by atoms with Crippen molar-refractivity contribution in [1.29, 1.82) is 0 Å². The molecule has 1 aromatic carbocycles. The number of nitrogens with one attached hydrogen (secondary N) is 1. The normalized spacial score (nSPS) is 14.1. The first-order valence-electron chi connectivity index (χ1n) is 7.23. The quantitative estimate of drug-likeness (QED) is 0.674. The Hall–Kier alpha value is -1.39. The average molecular weight is 278 g/mol. The van der Waals surface area contributed by atoms with Gasteiger partial charge in [0.05, 0.1) is 6.10 Å². The molecule has 0 radical (unpaired) electrons. The van der Waals surface area contributed by atoms with E-state index in [9.17, 15) is 9.90 Å². The summed E-state index contributed by atoms with van der Waals surface area (Å²) in [5.74, 6) is 0.387. The van der Waals surface area contributed by atoms with Crippen LogP contribution in [-0.4, -0.2) is 29.7 Å². The van der Waals surface area contributed by atoms with Gasteiger partial charge in [-0.05, 0) is 24.3 Å². The number of carbonyl (C=O) groups is 1. The van der Waals surface area contributed by atoms with Gasteiger partial charge in [-0.25, -0.2) is 0 Å². The van der Waals surface area contributed by atoms with Crippen molar-refractivity contribution in [1.82, 2.24) is 5.32 Å². The predicted molar refractivity (Wildman–Crippen MR) is 81.2 cm³/mol. The van der Waals surface area contributed by atoms with Gasteiger partial charge in [0.25, 0.3) is 0 Å². The maximum Gasteiger partial charge on any atom is 0.220 e. The fraction of sp³-hybridized carbons (Fsp3) is 0.562. The van der Waals surface area contributed by atoms with Crippen molar-refractivity contribution in [3.05, 3.63) is 35.9 Å². The molecule has 1 unspecified atom stereocenters. The Balaban J connectivity index is 2.22. The summed E-state index contributed by atoms with van der Waals surface area (Å²) >= 11 is 0. The summed E-state index contributed by atoms with van der Waals surface area (Å²) in [5.41, 5.74) is 7.01. The van der Waals surface area contributed by atoms with E-state index in [-0.39, 0.29) is 18.5 Å². The highest BCUT2D eigenvalue weighted by atomic mass is 16.3. The van der Waals surface area contributed by atoms with E-state index in [1.165, 1.54) is 0 Å². The molecule has 4 nitrogen and oxygen atoms in total. The van der Waals surface area contributed by atoms with E-state index in [0.29, 0.717) is 18.8 Å². The fourth-order valence-electron chi connectivity index (χ4n) is 2.06. The number of hydrogen-bond acceptors (Lipinski definition) is 3. The minimum absolute atomic E-state index is 0.0512. The standard InChI is InChI=1S/C16H26N2O2/c1-12(2)10-14(17)15(19)11-18-16(20)9-8-13-6-4-3-5-7-13/h3-7,12,14-15,19H,8-11,17H2,1-2H3,(H,18,20)/t14-,15?/m0/s1. The largest absolute Gasteiger partial charge is 0.390 e. The Morgan fingerprint density at radius 3 is 2.55 bits per heavy atom. The third-order valence-corrected chi connectivity index (χ3v) is 3.23. The zero-order valence-corrected chi connectivity index (χ0v) is 12.4. The van der Waals surface area contributed by atoms with E-state index in [0.717, 1.165) is 12.0 Å².